The van der Waals surface area contributed by atoms with Gasteiger partial charge in [0.25, 0.3) is 0 Å². The fourth-order valence-electron chi connectivity index (χ4n) is 2.45. The molecule has 5 nitrogen and oxygen atoms in total. The molecule has 1 aromatic rings. The molecule has 1 aliphatic rings. The summed E-state index contributed by atoms with van der Waals surface area (Å²) in [6.07, 6.45) is 1.68. The number of carboxylic acid groups (broad SMARTS) is 1. The molecule has 1 saturated heterocycles. The van der Waals surface area contributed by atoms with Crippen LogP contribution < -0.4 is 5.32 Å². The molecule has 6 heteroatoms. The van der Waals surface area contributed by atoms with Crippen LogP contribution in [0.25, 0.3) is 0 Å². The number of carbonyl (C=O) groups excluding carboxylic acids is 1. The first-order chi connectivity index (χ1) is 9.95. The number of hydrogen-bond donors (Lipinski definition) is 2. The van der Waals surface area contributed by atoms with Crippen LogP contribution in [0.2, 0.25) is 0 Å². The van der Waals surface area contributed by atoms with E-state index in [0.717, 1.165) is 22.1 Å². The number of carbonyl (C=O) groups is 2. The number of carboxylic acids is 1. The maximum absolute atomic E-state index is 12.2. The van der Waals surface area contributed by atoms with Crippen LogP contribution in [0.3, 0.4) is 0 Å². The zero-order chi connectivity index (χ0) is 15.4. The van der Waals surface area contributed by atoms with Crippen LogP contribution in [-0.2, 0) is 4.79 Å². The summed E-state index contributed by atoms with van der Waals surface area (Å²) in [5, 5.41) is 11.6. The van der Waals surface area contributed by atoms with E-state index in [0.29, 0.717) is 19.5 Å². The molecule has 2 amide bonds. The highest BCUT2D eigenvalue weighted by molar-refractivity contribution is 9.10. The number of benzene rings is 1. The van der Waals surface area contributed by atoms with Crippen LogP contribution >= 0.6 is 15.9 Å². The zero-order valence-corrected chi connectivity index (χ0v) is 13.5. The molecule has 114 valence electrons. The van der Waals surface area contributed by atoms with E-state index in [1.54, 1.807) is 4.90 Å². The summed E-state index contributed by atoms with van der Waals surface area (Å²) in [6, 6.07) is 5.57. The smallest absolute Gasteiger partial charge is 0.321 e. The van der Waals surface area contributed by atoms with Crippen molar-refractivity contribution in [2.45, 2.75) is 26.2 Å². The average molecular weight is 355 g/mol. The van der Waals surface area contributed by atoms with E-state index in [1.807, 2.05) is 25.1 Å². The van der Waals surface area contributed by atoms with Crippen LogP contribution in [-0.4, -0.2) is 35.1 Å². The molecule has 0 saturated carbocycles. The maximum atomic E-state index is 12.2. The summed E-state index contributed by atoms with van der Waals surface area (Å²) in [5.41, 5.74) is 1.87. The Bertz CT molecular complexity index is 548. The van der Waals surface area contributed by atoms with Gasteiger partial charge in [-0.1, -0.05) is 22.0 Å². The fraction of sp³-hybridized carbons (Fsp3) is 0.467. The van der Waals surface area contributed by atoms with Crippen LogP contribution in [0.5, 0.6) is 0 Å². The van der Waals surface area contributed by atoms with Gasteiger partial charge in [0, 0.05) is 29.7 Å². The van der Waals surface area contributed by atoms with Crippen LogP contribution in [0.4, 0.5) is 10.5 Å². The minimum atomic E-state index is -0.776. The molecular weight excluding hydrogens is 336 g/mol. The van der Waals surface area contributed by atoms with Crippen LogP contribution in [0, 0.1) is 12.8 Å². The first kappa shape index (κ1) is 15.8. The summed E-state index contributed by atoms with van der Waals surface area (Å²) in [5.74, 6) is -0.487. The Morgan fingerprint density at radius 2 is 2.24 bits per heavy atom. The average Bonchev–Trinajstić information content (AvgIpc) is 2.89. The summed E-state index contributed by atoms with van der Waals surface area (Å²) in [4.78, 5) is 24.5. The largest absolute Gasteiger partial charge is 0.481 e. The van der Waals surface area contributed by atoms with Gasteiger partial charge in [-0.2, -0.15) is 0 Å². The Morgan fingerprint density at radius 1 is 1.48 bits per heavy atom. The van der Waals surface area contributed by atoms with E-state index >= 15 is 0 Å². The lowest BCUT2D eigenvalue weighted by atomic mass is 10.0. The van der Waals surface area contributed by atoms with Gasteiger partial charge in [0.1, 0.15) is 0 Å². The van der Waals surface area contributed by atoms with Gasteiger partial charge in [0.05, 0.1) is 0 Å². The van der Waals surface area contributed by atoms with Gasteiger partial charge in [-0.25, -0.2) is 4.79 Å². The fourth-order valence-corrected chi connectivity index (χ4v) is 2.83. The van der Waals surface area contributed by atoms with E-state index in [1.165, 1.54) is 0 Å². The van der Waals surface area contributed by atoms with E-state index in [2.05, 4.69) is 21.2 Å². The molecule has 1 atom stereocenters. The predicted molar refractivity (Wildman–Crippen MR) is 84.4 cm³/mol. The Labute approximate surface area is 132 Å². The number of aryl methyl sites for hydroxylation is 1. The molecule has 0 aliphatic carbocycles. The summed E-state index contributed by atoms with van der Waals surface area (Å²) in [6.45, 7) is 3.30. The number of likely N-dealkylation sites (tertiary alicyclic amines) is 1. The van der Waals surface area contributed by atoms with Crippen molar-refractivity contribution in [2.75, 3.05) is 18.4 Å². The van der Waals surface area contributed by atoms with E-state index in [-0.39, 0.29) is 18.4 Å². The molecule has 1 aromatic carbocycles. The number of nitrogens with zero attached hydrogens (tertiary/aromatic N) is 1. The third kappa shape index (κ3) is 4.46. The predicted octanol–water partition coefficient (Wildman–Crippen LogP) is 3.48. The number of urea groups is 1. The van der Waals surface area contributed by atoms with Gasteiger partial charge >= 0.3 is 12.0 Å². The van der Waals surface area contributed by atoms with Crippen LogP contribution in [0.15, 0.2) is 22.7 Å². The van der Waals surface area contributed by atoms with Gasteiger partial charge in [-0.3, -0.25) is 4.79 Å². The number of nitrogens with one attached hydrogen (secondary N) is 1. The zero-order valence-electron chi connectivity index (χ0n) is 11.9. The number of anilines is 1. The molecule has 2 rings (SSSR count). The lowest BCUT2D eigenvalue weighted by Crippen LogP contribution is -2.33. The molecule has 1 aliphatic heterocycles. The van der Waals surface area contributed by atoms with E-state index in [9.17, 15) is 9.59 Å². The number of aliphatic carboxylic acids is 1. The minimum absolute atomic E-state index is 0.122. The normalized spacial score (nSPS) is 17.8. The van der Waals surface area contributed by atoms with Crippen molar-refractivity contribution in [3.63, 3.8) is 0 Å². The molecular formula is C15H19BrN2O3. The standard InChI is InChI=1S/C15H19BrN2O3/c1-10-2-4-12(8-13(10)16)17-15(21)18-7-6-11(9-18)3-5-14(19)20/h2,4,8,11H,3,5-7,9H2,1H3,(H,17,21)(H,19,20). The molecule has 1 fully saturated rings. The molecule has 0 aromatic heterocycles. The lowest BCUT2D eigenvalue weighted by Gasteiger charge is -2.17. The summed E-state index contributed by atoms with van der Waals surface area (Å²) in [7, 11) is 0. The number of rotatable bonds is 4. The lowest BCUT2D eigenvalue weighted by molar-refractivity contribution is -0.137. The Balaban J connectivity index is 1.86. The van der Waals surface area contributed by atoms with E-state index < -0.39 is 5.97 Å². The minimum Gasteiger partial charge on any atom is -0.481 e. The molecule has 2 N–H and O–H groups in total. The topological polar surface area (TPSA) is 69.6 Å². The quantitative estimate of drug-likeness (QED) is 0.869. The number of halogens is 1. The van der Waals surface area contributed by atoms with Crippen molar-refractivity contribution >= 4 is 33.6 Å². The number of amides is 2. The van der Waals surface area contributed by atoms with Gasteiger partial charge < -0.3 is 15.3 Å². The highest BCUT2D eigenvalue weighted by Crippen LogP contribution is 2.24. The maximum Gasteiger partial charge on any atom is 0.321 e. The van der Waals surface area contributed by atoms with Crippen molar-refractivity contribution in [1.29, 1.82) is 0 Å². The molecule has 0 spiro atoms. The molecule has 0 bridgehead atoms. The van der Waals surface area contributed by atoms with Crippen LogP contribution in [0.1, 0.15) is 24.8 Å². The monoisotopic (exact) mass is 354 g/mol. The Hall–Kier alpha value is -1.56. The Morgan fingerprint density at radius 3 is 2.90 bits per heavy atom. The van der Waals surface area contributed by atoms with Crippen molar-refractivity contribution in [3.8, 4) is 0 Å². The molecule has 0 radical (unpaired) electrons. The van der Waals surface area contributed by atoms with Crippen molar-refractivity contribution < 1.29 is 14.7 Å². The molecule has 1 heterocycles. The highest BCUT2D eigenvalue weighted by Gasteiger charge is 2.26. The van der Waals surface area contributed by atoms with Crippen molar-refractivity contribution in [3.05, 3.63) is 28.2 Å². The first-order valence-corrected chi connectivity index (χ1v) is 7.79. The van der Waals surface area contributed by atoms with E-state index in [4.69, 9.17) is 5.11 Å². The number of hydrogen-bond acceptors (Lipinski definition) is 2. The van der Waals surface area contributed by atoms with Gasteiger partial charge in [-0.05, 0) is 43.4 Å². The second-order valence-electron chi connectivity index (χ2n) is 5.43. The summed E-state index contributed by atoms with van der Waals surface area (Å²) < 4.78 is 0.959. The second kappa shape index (κ2) is 6.93. The first-order valence-electron chi connectivity index (χ1n) is 6.99. The summed E-state index contributed by atoms with van der Waals surface area (Å²) >= 11 is 3.44. The third-order valence-corrected chi connectivity index (χ3v) is 4.62. The van der Waals surface area contributed by atoms with Gasteiger partial charge in [0.15, 0.2) is 0 Å². The third-order valence-electron chi connectivity index (χ3n) is 3.76. The molecule has 21 heavy (non-hydrogen) atoms. The van der Waals surface area contributed by atoms with Gasteiger partial charge in [0.2, 0.25) is 0 Å². The Kier molecular flexibility index (Phi) is 5.22. The SMILES string of the molecule is Cc1ccc(NC(=O)N2CCC(CCC(=O)O)C2)cc1Br. The highest BCUT2D eigenvalue weighted by atomic mass is 79.9. The van der Waals surface area contributed by atoms with Gasteiger partial charge in [-0.15, -0.1) is 0 Å². The van der Waals surface area contributed by atoms with Crippen molar-refractivity contribution in [2.24, 2.45) is 5.92 Å². The van der Waals surface area contributed by atoms with Crippen molar-refractivity contribution in [1.82, 2.24) is 4.90 Å². The molecule has 1 unspecified atom stereocenters. The second-order valence-corrected chi connectivity index (χ2v) is 6.28.